The Morgan fingerprint density at radius 2 is 2.17 bits per heavy atom. The van der Waals surface area contributed by atoms with Crippen LogP contribution >= 0.6 is 0 Å². The normalized spacial score (nSPS) is 16.1. The van der Waals surface area contributed by atoms with E-state index < -0.39 is 0 Å². The van der Waals surface area contributed by atoms with Crippen LogP contribution in [0.4, 0.5) is 0 Å². The topological polar surface area (TPSA) is 52.3 Å². The number of hydrogen-bond donors (Lipinski definition) is 0. The molecule has 0 saturated carbocycles. The molecule has 23 heavy (non-hydrogen) atoms. The molecule has 0 aliphatic carbocycles. The minimum atomic E-state index is -0.0403. The van der Waals surface area contributed by atoms with Gasteiger partial charge in [-0.05, 0) is 50.8 Å². The van der Waals surface area contributed by atoms with Crippen LogP contribution in [0.1, 0.15) is 50.6 Å². The molecular weight excluding hydrogens is 288 g/mol. The highest BCUT2D eigenvalue weighted by Crippen LogP contribution is 2.24. The first-order valence-electron chi connectivity index (χ1n) is 8.26. The van der Waals surface area contributed by atoms with Crippen LogP contribution in [0, 0.1) is 0 Å². The third-order valence-corrected chi connectivity index (χ3v) is 4.08. The quantitative estimate of drug-likeness (QED) is 0.796. The summed E-state index contributed by atoms with van der Waals surface area (Å²) < 4.78 is 7.57. The summed E-state index contributed by atoms with van der Waals surface area (Å²) in [6.07, 6.45) is 4.81. The van der Waals surface area contributed by atoms with Gasteiger partial charge in [0.25, 0.3) is 0 Å². The fourth-order valence-electron chi connectivity index (χ4n) is 2.69. The molecule has 1 aromatic carbocycles. The van der Waals surface area contributed by atoms with Crippen LogP contribution in [0.5, 0.6) is 0 Å². The van der Waals surface area contributed by atoms with Gasteiger partial charge in [0.05, 0.1) is 29.7 Å². The van der Waals surface area contributed by atoms with Gasteiger partial charge in [-0.25, -0.2) is 4.68 Å². The van der Waals surface area contributed by atoms with Crippen molar-refractivity contribution in [1.82, 2.24) is 15.0 Å². The van der Waals surface area contributed by atoms with Crippen LogP contribution in [0.3, 0.4) is 0 Å². The van der Waals surface area contributed by atoms with Gasteiger partial charge in [0.2, 0.25) is 0 Å². The molecule has 1 aliphatic rings. The Hall–Kier alpha value is -2.01. The summed E-state index contributed by atoms with van der Waals surface area (Å²) in [5.74, 6) is 0. The Kier molecular flexibility index (Phi) is 4.57. The second kappa shape index (κ2) is 6.62. The van der Waals surface area contributed by atoms with Crippen molar-refractivity contribution in [2.45, 2.75) is 52.2 Å². The lowest BCUT2D eigenvalue weighted by atomic mass is 9.99. The molecule has 0 N–H and O–H groups in total. The molecule has 0 amide bonds. The Morgan fingerprint density at radius 3 is 3.00 bits per heavy atom. The predicted octanol–water partition coefficient (Wildman–Crippen LogP) is 3.34. The molecule has 0 bridgehead atoms. The molecule has 1 aliphatic heterocycles. The van der Waals surface area contributed by atoms with Crippen molar-refractivity contribution < 1.29 is 4.74 Å². The van der Waals surface area contributed by atoms with Crippen LogP contribution in [0.2, 0.25) is 0 Å². The second-order valence-corrected chi connectivity index (χ2v) is 6.63. The largest absolute Gasteiger partial charge is 0.377 e. The lowest BCUT2D eigenvalue weighted by Gasteiger charge is -2.17. The molecule has 2 heterocycles. The Morgan fingerprint density at radius 1 is 1.30 bits per heavy atom. The summed E-state index contributed by atoms with van der Waals surface area (Å²) >= 11 is 0. The van der Waals surface area contributed by atoms with Crippen LogP contribution in [0.25, 0.3) is 5.69 Å². The van der Waals surface area contributed by atoms with Gasteiger partial charge in [-0.3, -0.25) is 4.99 Å². The van der Waals surface area contributed by atoms with E-state index in [-0.39, 0.29) is 5.54 Å². The minimum absolute atomic E-state index is 0.0403. The van der Waals surface area contributed by atoms with E-state index in [0.29, 0.717) is 6.61 Å². The van der Waals surface area contributed by atoms with Crippen molar-refractivity contribution in [2.24, 2.45) is 4.99 Å². The SMILES string of the molecule is CCCOCc1cccc(-n2nnc3c2CCC(C)(C)N=C3)c1. The average molecular weight is 312 g/mol. The van der Waals surface area contributed by atoms with Crippen molar-refractivity contribution in [3.8, 4) is 5.69 Å². The van der Waals surface area contributed by atoms with Gasteiger partial charge in [0.1, 0.15) is 5.69 Å². The van der Waals surface area contributed by atoms with E-state index in [9.17, 15) is 0 Å². The zero-order valence-corrected chi connectivity index (χ0v) is 14.1. The Labute approximate surface area is 137 Å². The van der Waals surface area contributed by atoms with Gasteiger partial charge >= 0.3 is 0 Å². The van der Waals surface area contributed by atoms with Gasteiger partial charge in [0.15, 0.2) is 0 Å². The molecule has 5 heteroatoms. The highest BCUT2D eigenvalue weighted by molar-refractivity contribution is 5.79. The first kappa shape index (κ1) is 15.9. The number of rotatable bonds is 5. The number of hydrogen-bond acceptors (Lipinski definition) is 4. The lowest BCUT2D eigenvalue weighted by molar-refractivity contribution is 0.121. The number of benzene rings is 1. The fourth-order valence-corrected chi connectivity index (χ4v) is 2.69. The number of ether oxygens (including phenoxy) is 1. The van der Waals surface area contributed by atoms with Crippen molar-refractivity contribution in [1.29, 1.82) is 0 Å². The van der Waals surface area contributed by atoms with Crippen LogP contribution in [0.15, 0.2) is 29.3 Å². The molecule has 0 radical (unpaired) electrons. The van der Waals surface area contributed by atoms with E-state index in [4.69, 9.17) is 4.74 Å². The van der Waals surface area contributed by atoms with Crippen molar-refractivity contribution in [3.05, 3.63) is 41.2 Å². The third-order valence-electron chi connectivity index (χ3n) is 4.08. The number of fused-ring (bicyclic) bond motifs is 1. The maximum atomic E-state index is 5.63. The molecule has 0 unspecified atom stereocenters. The summed E-state index contributed by atoms with van der Waals surface area (Å²) in [7, 11) is 0. The second-order valence-electron chi connectivity index (χ2n) is 6.63. The van der Waals surface area contributed by atoms with Crippen molar-refractivity contribution in [3.63, 3.8) is 0 Å². The smallest absolute Gasteiger partial charge is 0.127 e. The summed E-state index contributed by atoms with van der Waals surface area (Å²) in [5.41, 5.74) is 4.16. The number of aromatic nitrogens is 3. The molecule has 3 rings (SSSR count). The summed E-state index contributed by atoms with van der Waals surface area (Å²) in [4.78, 5) is 4.61. The molecular formula is C18H24N4O. The van der Waals surface area contributed by atoms with Gasteiger partial charge in [-0.1, -0.05) is 24.3 Å². The number of aliphatic imine (C=N–C) groups is 1. The standard InChI is InChI=1S/C18H24N4O/c1-4-10-23-13-14-6-5-7-15(11-14)22-17-8-9-18(2,3)19-12-16(17)20-21-22/h5-7,11-12H,4,8-10,13H2,1-3H3. The fraction of sp³-hybridized carbons (Fsp3) is 0.500. The maximum Gasteiger partial charge on any atom is 0.127 e. The lowest BCUT2D eigenvalue weighted by Crippen LogP contribution is -2.17. The highest BCUT2D eigenvalue weighted by Gasteiger charge is 2.23. The van der Waals surface area contributed by atoms with Crippen molar-refractivity contribution >= 4 is 6.21 Å². The predicted molar refractivity (Wildman–Crippen MR) is 91.3 cm³/mol. The molecule has 2 aromatic rings. The summed E-state index contributed by atoms with van der Waals surface area (Å²) in [6.45, 7) is 7.84. The molecule has 0 spiro atoms. The van der Waals surface area contributed by atoms with Crippen LogP contribution in [-0.2, 0) is 17.8 Å². The van der Waals surface area contributed by atoms with Gasteiger partial charge in [-0.2, -0.15) is 0 Å². The van der Waals surface area contributed by atoms with E-state index in [1.165, 1.54) is 0 Å². The first-order chi connectivity index (χ1) is 11.1. The minimum Gasteiger partial charge on any atom is -0.377 e. The first-order valence-corrected chi connectivity index (χ1v) is 8.26. The zero-order chi connectivity index (χ0) is 16.3. The van der Waals surface area contributed by atoms with E-state index in [2.05, 4.69) is 54.3 Å². The molecule has 0 atom stereocenters. The van der Waals surface area contributed by atoms with Gasteiger partial charge in [-0.15, -0.1) is 5.10 Å². The van der Waals surface area contributed by atoms with Crippen LogP contribution < -0.4 is 0 Å². The molecule has 0 saturated heterocycles. The molecule has 122 valence electrons. The van der Waals surface area contributed by atoms with Gasteiger partial charge in [0, 0.05) is 6.61 Å². The third kappa shape index (κ3) is 3.67. The molecule has 0 fully saturated rings. The van der Waals surface area contributed by atoms with E-state index in [1.54, 1.807) is 0 Å². The maximum absolute atomic E-state index is 5.63. The van der Waals surface area contributed by atoms with E-state index in [0.717, 1.165) is 48.5 Å². The van der Waals surface area contributed by atoms with Crippen molar-refractivity contribution in [2.75, 3.05) is 6.61 Å². The van der Waals surface area contributed by atoms with Crippen LogP contribution in [-0.4, -0.2) is 33.4 Å². The zero-order valence-electron chi connectivity index (χ0n) is 14.1. The average Bonchev–Trinajstić information content (AvgIpc) is 2.88. The number of nitrogens with zero attached hydrogens (tertiary/aromatic N) is 4. The molecule has 1 aromatic heterocycles. The summed E-state index contributed by atoms with van der Waals surface area (Å²) in [6, 6.07) is 8.31. The Bertz CT molecular complexity index is 703. The monoisotopic (exact) mass is 312 g/mol. The van der Waals surface area contributed by atoms with E-state index in [1.807, 2.05) is 17.0 Å². The molecule has 5 nitrogen and oxygen atoms in total. The summed E-state index contributed by atoms with van der Waals surface area (Å²) in [5, 5.41) is 8.63. The van der Waals surface area contributed by atoms with Gasteiger partial charge < -0.3 is 4.74 Å². The van der Waals surface area contributed by atoms with E-state index >= 15 is 0 Å². The Balaban J connectivity index is 1.86. The highest BCUT2D eigenvalue weighted by atomic mass is 16.5.